The minimum Gasteiger partial charge on any atom is -0.475 e. The second-order valence-corrected chi connectivity index (χ2v) is 9.65. The summed E-state index contributed by atoms with van der Waals surface area (Å²) in [7, 11) is 0. The van der Waals surface area contributed by atoms with Gasteiger partial charge in [0.2, 0.25) is 11.8 Å². The Labute approximate surface area is 181 Å². The molecule has 31 heavy (non-hydrogen) atoms. The van der Waals surface area contributed by atoms with Crippen molar-refractivity contribution in [3.63, 3.8) is 0 Å². The number of ether oxygens (including phenoxy) is 1. The molecule has 1 spiro atoms. The van der Waals surface area contributed by atoms with E-state index in [0.717, 1.165) is 50.6 Å². The summed E-state index contributed by atoms with van der Waals surface area (Å²) in [6, 6.07) is 3.87. The molecular formula is C23H31F3N2O3. The Morgan fingerprint density at radius 1 is 1.23 bits per heavy atom. The quantitative estimate of drug-likeness (QED) is 0.750. The van der Waals surface area contributed by atoms with Gasteiger partial charge in [-0.3, -0.25) is 4.79 Å². The fourth-order valence-electron chi connectivity index (χ4n) is 5.69. The molecule has 2 fully saturated rings. The number of rotatable bonds is 5. The van der Waals surface area contributed by atoms with Crippen molar-refractivity contribution in [2.45, 2.75) is 76.5 Å². The summed E-state index contributed by atoms with van der Waals surface area (Å²) in [6.45, 7) is 1.94. The number of aryl methyl sites for hydroxylation is 2. The first kappa shape index (κ1) is 22.4. The molecule has 0 aromatic carbocycles. The second-order valence-electron chi connectivity index (χ2n) is 9.65. The van der Waals surface area contributed by atoms with Gasteiger partial charge in [0.25, 0.3) is 0 Å². The van der Waals surface area contributed by atoms with Crippen LogP contribution in [0, 0.1) is 11.3 Å². The van der Waals surface area contributed by atoms with Crippen molar-refractivity contribution in [1.82, 2.24) is 9.88 Å². The third-order valence-electron chi connectivity index (χ3n) is 7.47. The average molecular weight is 441 g/mol. The number of nitrogens with zero attached hydrogens (tertiary/aromatic N) is 2. The van der Waals surface area contributed by atoms with Crippen LogP contribution >= 0.6 is 0 Å². The van der Waals surface area contributed by atoms with Gasteiger partial charge in [0.1, 0.15) is 12.2 Å². The lowest BCUT2D eigenvalue weighted by Gasteiger charge is -2.52. The van der Waals surface area contributed by atoms with Gasteiger partial charge in [0.05, 0.1) is 6.42 Å². The number of carbonyl (C=O) groups excluding carboxylic acids is 1. The highest BCUT2D eigenvalue weighted by Gasteiger charge is 2.56. The van der Waals surface area contributed by atoms with Gasteiger partial charge in [-0.15, -0.1) is 0 Å². The number of fused-ring (bicyclic) bond motifs is 1. The van der Waals surface area contributed by atoms with Gasteiger partial charge in [0, 0.05) is 36.2 Å². The second kappa shape index (κ2) is 8.26. The molecule has 0 radical (unpaired) electrons. The Morgan fingerprint density at radius 2 is 1.97 bits per heavy atom. The van der Waals surface area contributed by atoms with Gasteiger partial charge in [-0.1, -0.05) is 25.8 Å². The summed E-state index contributed by atoms with van der Waals surface area (Å²) in [5.74, 6) is -1.09. The van der Waals surface area contributed by atoms with Crippen LogP contribution in [0.3, 0.4) is 0 Å². The van der Waals surface area contributed by atoms with Crippen LogP contribution in [0.5, 0.6) is 5.88 Å². The Kier molecular flexibility index (Phi) is 5.96. The summed E-state index contributed by atoms with van der Waals surface area (Å²) in [4.78, 5) is 18.8. The molecule has 1 saturated heterocycles. The Hall–Kier alpha value is -1.83. The standard InChI is InChI=1S/C23H31F3N2O3/c1-16(13-23(24,25)26)20(29)28-12-11-22(30,21(14-28)9-2-3-10-21)15-31-19-8-7-17-5-4-6-18(17)27-19/h7-8,16,30H,2-6,9-15H2,1H3/t16-,22?/m1/s1. The zero-order chi connectivity index (χ0) is 22.3. The lowest BCUT2D eigenvalue weighted by molar-refractivity contribution is -0.175. The van der Waals surface area contributed by atoms with Gasteiger partial charge in [-0.25, -0.2) is 4.98 Å². The third kappa shape index (κ3) is 4.54. The van der Waals surface area contributed by atoms with Crippen LogP contribution in [-0.2, 0) is 17.6 Å². The molecule has 1 N–H and O–H groups in total. The van der Waals surface area contributed by atoms with Gasteiger partial charge in [-0.2, -0.15) is 13.2 Å². The molecule has 5 nitrogen and oxygen atoms in total. The van der Waals surface area contributed by atoms with E-state index in [9.17, 15) is 23.1 Å². The number of piperidine rings is 1. The molecule has 2 atom stereocenters. The van der Waals surface area contributed by atoms with E-state index in [4.69, 9.17) is 4.74 Å². The molecule has 2 aliphatic carbocycles. The summed E-state index contributed by atoms with van der Waals surface area (Å²) in [5.41, 5.74) is 0.626. The molecular weight excluding hydrogens is 409 g/mol. The SMILES string of the molecule is C[C@H](CC(F)(F)F)C(=O)N1CCC(O)(COc2ccc3c(n2)CCC3)C2(CCCC2)C1. The normalized spacial score (nSPS) is 26.2. The first-order chi connectivity index (χ1) is 14.6. The molecule has 1 aromatic rings. The van der Waals surface area contributed by atoms with Crippen molar-refractivity contribution >= 4 is 5.91 Å². The maximum atomic E-state index is 12.8. The molecule has 3 aliphatic rings. The summed E-state index contributed by atoms with van der Waals surface area (Å²) < 4.78 is 44.2. The van der Waals surface area contributed by atoms with Gasteiger partial charge >= 0.3 is 6.18 Å². The summed E-state index contributed by atoms with van der Waals surface area (Å²) in [5, 5.41) is 11.6. The molecule has 8 heteroatoms. The maximum Gasteiger partial charge on any atom is 0.389 e. The van der Waals surface area contributed by atoms with Gasteiger partial charge in [0.15, 0.2) is 0 Å². The highest BCUT2D eigenvalue weighted by molar-refractivity contribution is 5.78. The fourth-order valence-corrected chi connectivity index (χ4v) is 5.69. The van der Waals surface area contributed by atoms with Crippen molar-refractivity contribution in [1.29, 1.82) is 0 Å². The molecule has 1 aromatic heterocycles. The van der Waals surface area contributed by atoms with E-state index in [0.29, 0.717) is 12.3 Å². The number of halogens is 3. The van der Waals surface area contributed by atoms with Crippen molar-refractivity contribution in [3.8, 4) is 5.88 Å². The number of alkyl halides is 3. The lowest BCUT2D eigenvalue weighted by atomic mass is 9.66. The molecule has 1 unspecified atom stereocenters. The molecule has 2 heterocycles. The summed E-state index contributed by atoms with van der Waals surface area (Å²) in [6.07, 6.45) is 1.21. The van der Waals surface area contributed by atoms with Crippen LogP contribution < -0.4 is 4.74 Å². The number of hydrogen-bond acceptors (Lipinski definition) is 4. The monoisotopic (exact) mass is 440 g/mol. The molecule has 4 rings (SSSR count). The smallest absolute Gasteiger partial charge is 0.389 e. The van der Waals surface area contributed by atoms with Crippen LogP contribution in [-0.4, -0.2) is 52.4 Å². The number of likely N-dealkylation sites (tertiary alicyclic amines) is 1. The van der Waals surface area contributed by atoms with E-state index < -0.39 is 35.4 Å². The van der Waals surface area contributed by atoms with Crippen molar-refractivity contribution in [2.24, 2.45) is 11.3 Å². The largest absolute Gasteiger partial charge is 0.475 e. The molecule has 1 aliphatic heterocycles. The number of aliphatic hydroxyl groups is 1. The highest BCUT2D eigenvalue weighted by Crippen LogP contribution is 2.51. The number of pyridine rings is 1. The minimum atomic E-state index is -4.37. The van der Waals surface area contributed by atoms with Crippen LogP contribution in [0.25, 0.3) is 0 Å². The van der Waals surface area contributed by atoms with E-state index in [-0.39, 0.29) is 19.7 Å². The van der Waals surface area contributed by atoms with Crippen LogP contribution in [0.4, 0.5) is 13.2 Å². The zero-order valence-corrected chi connectivity index (χ0v) is 18.0. The van der Waals surface area contributed by atoms with E-state index >= 15 is 0 Å². The number of carbonyl (C=O) groups is 1. The Morgan fingerprint density at radius 3 is 2.68 bits per heavy atom. The van der Waals surface area contributed by atoms with E-state index in [1.165, 1.54) is 17.4 Å². The predicted molar refractivity (Wildman–Crippen MR) is 109 cm³/mol. The first-order valence-electron chi connectivity index (χ1n) is 11.3. The number of hydrogen-bond donors (Lipinski definition) is 1. The Bertz CT molecular complexity index is 823. The topological polar surface area (TPSA) is 62.7 Å². The molecule has 1 amide bonds. The Balaban J connectivity index is 1.45. The van der Waals surface area contributed by atoms with Crippen molar-refractivity contribution < 1.29 is 27.8 Å². The van der Waals surface area contributed by atoms with Gasteiger partial charge < -0.3 is 14.7 Å². The maximum absolute atomic E-state index is 12.8. The minimum absolute atomic E-state index is 0.0823. The fraction of sp³-hybridized carbons (Fsp3) is 0.739. The lowest BCUT2D eigenvalue weighted by Crippen LogP contribution is -2.63. The van der Waals surface area contributed by atoms with Gasteiger partial charge in [-0.05, 0) is 44.1 Å². The number of amides is 1. The molecule has 1 saturated carbocycles. The number of aromatic nitrogens is 1. The van der Waals surface area contributed by atoms with E-state index in [1.54, 1.807) is 0 Å². The van der Waals surface area contributed by atoms with E-state index in [1.807, 2.05) is 12.1 Å². The average Bonchev–Trinajstić information content (AvgIpc) is 3.37. The van der Waals surface area contributed by atoms with Crippen LogP contribution in [0.2, 0.25) is 0 Å². The highest BCUT2D eigenvalue weighted by atomic mass is 19.4. The van der Waals surface area contributed by atoms with Crippen molar-refractivity contribution in [3.05, 3.63) is 23.4 Å². The third-order valence-corrected chi connectivity index (χ3v) is 7.47. The zero-order valence-electron chi connectivity index (χ0n) is 18.0. The summed E-state index contributed by atoms with van der Waals surface area (Å²) >= 11 is 0. The molecule has 0 bridgehead atoms. The van der Waals surface area contributed by atoms with E-state index in [2.05, 4.69) is 4.98 Å². The predicted octanol–water partition coefficient (Wildman–Crippen LogP) is 4.06. The van der Waals surface area contributed by atoms with Crippen LogP contribution in [0.1, 0.15) is 63.1 Å². The first-order valence-corrected chi connectivity index (χ1v) is 11.3. The van der Waals surface area contributed by atoms with Crippen LogP contribution in [0.15, 0.2) is 12.1 Å². The van der Waals surface area contributed by atoms with Crippen molar-refractivity contribution in [2.75, 3.05) is 19.7 Å². The molecule has 172 valence electrons.